The van der Waals surface area contributed by atoms with Crippen LogP contribution in [0.5, 0.6) is 0 Å². The van der Waals surface area contributed by atoms with Crippen molar-refractivity contribution < 1.29 is 14.3 Å². The van der Waals surface area contributed by atoms with Gasteiger partial charge < -0.3 is 15.7 Å². The summed E-state index contributed by atoms with van der Waals surface area (Å²) >= 11 is 0. The van der Waals surface area contributed by atoms with Crippen LogP contribution >= 0.6 is 12.4 Å². The van der Waals surface area contributed by atoms with Gasteiger partial charge in [-0.05, 0) is 36.9 Å². The van der Waals surface area contributed by atoms with Gasteiger partial charge in [-0.25, -0.2) is 4.39 Å². The van der Waals surface area contributed by atoms with Crippen LogP contribution in [-0.4, -0.2) is 24.1 Å². The van der Waals surface area contributed by atoms with Crippen LogP contribution in [-0.2, 0) is 17.9 Å². The van der Waals surface area contributed by atoms with E-state index in [9.17, 15) is 9.18 Å². The molecule has 2 fully saturated rings. The SMILES string of the molecule is Cl.O=C(NCc1ccc(CO)c(F)c1)[C@@]12CCCC[C@H]1CNC2. The van der Waals surface area contributed by atoms with Crippen LogP contribution in [0.15, 0.2) is 18.2 Å². The van der Waals surface area contributed by atoms with Crippen molar-refractivity contribution in [1.82, 2.24) is 10.6 Å². The summed E-state index contributed by atoms with van der Waals surface area (Å²) in [5, 5.41) is 15.3. The van der Waals surface area contributed by atoms with Crippen LogP contribution in [0.1, 0.15) is 36.8 Å². The molecule has 0 radical (unpaired) electrons. The average Bonchev–Trinajstić information content (AvgIpc) is 2.98. The van der Waals surface area contributed by atoms with Gasteiger partial charge in [0.05, 0.1) is 12.0 Å². The second-order valence-corrected chi connectivity index (χ2v) is 6.50. The Hall–Kier alpha value is -1.17. The third-order valence-electron chi connectivity index (χ3n) is 5.23. The number of hydrogen-bond donors (Lipinski definition) is 3. The molecule has 2 aliphatic rings. The predicted molar refractivity (Wildman–Crippen MR) is 88.7 cm³/mol. The fourth-order valence-electron chi connectivity index (χ4n) is 3.88. The molecule has 0 bridgehead atoms. The van der Waals surface area contributed by atoms with Crippen LogP contribution in [0.25, 0.3) is 0 Å². The summed E-state index contributed by atoms with van der Waals surface area (Å²) in [5.74, 6) is 0.0917. The van der Waals surface area contributed by atoms with E-state index < -0.39 is 5.82 Å². The molecule has 1 saturated heterocycles. The van der Waals surface area contributed by atoms with Crippen LogP contribution in [0, 0.1) is 17.2 Å². The maximum Gasteiger partial charge on any atom is 0.228 e. The average molecular weight is 343 g/mol. The van der Waals surface area contributed by atoms with E-state index in [-0.39, 0.29) is 35.9 Å². The van der Waals surface area contributed by atoms with Crippen molar-refractivity contribution in [1.29, 1.82) is 0 Å². The quantitative estimate of drug-likeness (QED) is 0.785. The van der Waals surface area contributed by atoms with Crippen LogP contribution in [0.2, 0.25) is 0 Å². The van der Waals surface area contributed by atoms with Gasteiger partial charge in [-0.1, -0.05) is 25.0 Å². The molecule has 1 saturated carbocycles. The van der Waals surface area contributed by atoms with Gasteiger partial charge in [0.2, 0.25) is 5.91 Å². The molecular formula is C17H24ClFN2O2. The monoisotopic (exact) mass is 342 g/mol. The van der Waals surface area contributed by atoms with E-state index in [0.717, 1.165) is 37.9 Å². The van der Waals surface area contributed by atoms with Crippen LogP contribution < -0.4 is 10.6 Å². The lowest BCUT2D eigenvalue weighted by molar-refractivity contribution is -0.134. The Morgan fingerprint density at radius 3 is 3.00 bits per heavy atom. The third-order valence-corrected chi connectivity index (χ3v) is 5.23. The number of nitrogens with one attached hydrogen (secondary N) is 2. The Labute approximate surface area is 142 Å². The molecule has 0 spiro atoms. The minimum absolute atomic E-state index is 0. The minimum Gasteiger partial charge on any atom is -0.392 e. The molecule has 2 atom stereocenters. The largest absolute Gasteiger partial charge is 0.392 e. The number of hydrogen-bond acceptors (Lipinski definition) is 3. The lowest BCUT2D eigenvalue weighted by Crippen LogP contribution is -2.47. The molecular weight excluding hydrogens is 319 g/mol. The third kappa shape index (κ3) is 3.52. The number of aliphatic hydroxyl groups excluding tert-OH is 1. The fourth-order valence-corrected chi connectivity index (χ4v) is 3.88. The van der Waals surface area contributed by atoms with E-state index in [0.29, 0.717) is 12.5 Å². The molecule has 6 heteroatoms. The summed E-state index contributed by atoms with van der Waals surface area (Å²) < 4.78 is 13.7. The van der Waals surface area contributed by atoms with Crippen molar-refractivity contribution in [2.75, 3.05) is 13.1 Å². The molecule has 3 N–H and O–H groups in total. The summed E-state index contributed by atoms with van der Waals surface area (Å²) in [6.07, 6.45) is 4.36. The van der Waals surface area contributed by atoms with E-state index in [1.807, 2.05) is 0 Å². The van der Waals surface area contributed by atoms with Crippen LogP contribution in [0.4, 0.5) is 4.39 Å². The van der Waals surface area contributed by atoms with Crippen molar-refractivity contribution >= 4 is 18.3 Å². The number of benzene rings is 1. The highest BCUT2D eigenvalue weighted by atomic mass is 35.5. The molecule has 23 heavy (non-hydrogen) atoms. The van der Waals surface area contributed by atoms with Gasteiger partial charge >= 0.3 is 0 Å². The molecule has 4 nitrogen and oxygen atoms in total. The first-order valence-corrected chi connectivity index (χ1v) is 8.03. The predicted octanol–water partition coefficient (Wildman–Crippen LogP) is 2.14. The molecule has 1 aliphatic carbocycles. The fraction of sp³-hybridized carbons (Fsp3) is 0.588. The van der Waals surface area contributed by atoms with Crippen molar-refractivity contribution in [3.63, 3.8) is 0 Å². The van der Waals surface area contributed by atoms with Crippen molar-refractivity contribution in [3.8, 4) is 0 Å². The first kappa shape index (κ1) is 18.2. The molecule has 1 aromatic rings. The summed E-state index contributed by atoms with van der Waals surface area (Å²) in [4.78, 5) is 12.7. The number of rotatable bonds is 4. The zero-order valence-corrected chi connectivity index (χ0v) is 13.9. The van der Waals surface area contributed by atoms with E-state index in [2.05, 4.69) is 10.6 Å². The number of aliphatic hydroxyl groups is 1. The molecule has 3 rings (SSSR count). The molecule has 0 aromatic heterocycles. The maximum atomic E-state index is 13.7. The smallest absolute Gasteiger partial charge is 0.228 e. The summed E-state index contributed by atoms with van der Waals surface area (Å²) in [6, 6.07) is 4.70. The van der Waals surface area contributed by atoms with Crippen molar-refractivity contribution in [3.05, 3.63) is 35.1 Å². The van der Waals surface area contributed by atoms with E-state index in [4.69, 9.17) is 5.11 Å². The van der Waals surface area contributed by atoms with Gasteiger partial charge in [0.15, 0.2) is 0 Å². The van der Waals surface area contributed by atoms with Gasteiger partial charge in [-0.15, -0.1) is 12.4 Å². The van der Waals surface area contributed by atoms with Gasteiger partial charge in [-0.3, -0.25) is 4.79 Å². The molecule has 0 unspecified atom stereocenters. The van der Waals surface area contributed by atoms with Crippen molar-refractivity contribution in [2.24, 2.45) is 11.3 Å². The molecule has 1 heterocycles. The van der Waals surface area contributed by atoms with Gasteiger partial charge in [0.1, 0.15) is 5.82 Å². The molecule has 1 aromatic carbocycles. The number of halogens is 2. The van der Waals surface area contributed by atoms with E-state index in [1.54, 1.807) is 12.1 Å². The normalized spacial score (nSPS) is 26.3. The second kappa shape index (κ2) is 7.60. The molecule has 1 amide bonds. The zero-order chi connectivity index (χ0) is 15.6. The minimum atomic E-state index is -0.425. The Morgan fingerprint density at radius 2 is 2.26 bits per heavy atom. The Kier molecular flexibility index (Phi) is 6.00. The number of carbonyl (C=O) groups excluding carboxylic acids is 1. The first-order chi connectivity index (χ1) is 10.7. The van der Waals surface area contributed by atoms with Crippen molar-refractivity contribution in [2.45, 2.75) is 38.8 Å². The van der Waals surface area contributed by atoms with Crippen LogP contribution in [0.3, 0.4) is 0 Å². The van der Waals surface area contributed by atoms with Gasteiger partial charge in [-0.2, -0.15) is 0 Å². The topological polar surface area (TPSA) is 61.4 Å². The maximum absolute atomic E-state index is 13.7. The first-order valence-electron chi connectivity index (χ1n) is 8.03. The second-order valence-electron chi connectivity index (χ2n) is 6.50. The van der Waals surface area contributed by atoms with E-state index in [1.165, 1.54) is 12.5 Å². The zero-order valence-electron chi connectivity index (χ0n) is 13.1. The highest BCUT2D eigenvalue weighted by molar-refractivity contribution is 5.85. The van der Waals surface area contributed by atoms with Gasteiger partial charge in [0.25, 0.3) is 0 Å². The lowest BCUT2D eigenvalue weighted by Gasteiger charge is -2.37. The summed E-state index contributed by atoms with van der Waals surface area (Å²) in [6.45, 7) is 1.69. The Balaban J connectivity index is 0.00000192. The molecule has 128 valence electrons. The number of carbonyl (C=O) groups is 1. The number of amides is 1. The van der Waals surface area contributed by atoms with Gasteiger partial charge in [0, 0.05) is 18.7 Å². The highest BCUT2D eigenvalue weighted by Gasteiger charge is 2.49. The standard InChI is InChI=1S/C17H23FN2O2.ClH/c18-15-7-12(4-5-13(15)10-21)8-20-16(22)17-6-2-1-3-14(17)9-19-11-17;/h4-5,7,14,19,21H,1-3,6,8-11H2,(H,20,22);1H/t14-,17+;/m0./s1. The Morgan fingerprint density at radius 1 is 1.43 bits per heavy atom. The Bertz CT molecular complexity index is 570. The lowest BCUT2D eigenvalue weighted by atomic mass is 9.67. The highest BCUT2D eigenvalue weighted by Crippen LogP contribution is 2.43. The number of fused-ring (bicyclic) bond motifs is 1. The molecule has 1 aliphatic heterocycles. The summed E-state index contributed by atoms with van der Waals surface area (Å²) in [5.41, 5.74) is 0.723. The van der Waals surface area contributed by atoms with E-state index >= 15 is 0 Å². The summed E-state index contributed by atoms with van der Waals surface area (Å²) in [7, 11) is 0.